The van der Waals surface area contributed by atoms with E-state index in [4.69, 9.17) is 9.84 Å². The Balaban J connectivity index is 2.48. The Kier molecular flexibility index (Phi) is 5.53. The predicted octanol–water partition coefficient (Wildman–Crippen LogP) is -1.38. The van der Waals surface area contributed by atoms with Crippen LogP contribution in [0.2, 0.25) is 0 Å². The van der Waals surface area contributed by atoms with Crippen molar-refractivity contribution in [3.05, 3.63) is 0 Å². The molecular weight excluding hydrogens is 242 g/mol. The molecule has 0 saturated carbocycles. The first-order chi connectivity index (χ1) is 8.52. The zero-order valence-electron chi connectivity index (χ0n) is 10.1. The maximum atomic E-state index is 11.5. The summed E-state index contributed by atoms with van der Waals surface area (Å²) in [5, 5.41) is 13.2. The summed E-state index contributed by atoms with van der Waals surface area (Å²) in [4.78, 5) is 34.8. The van der Waals surface area contributed by atoms with Gasteiger partial charge in [-0.2, -0.15) is 0 Å². The maximum absolute atomic E-state index is 11.5. The molecule has 0 aromatic heterocycles. The van der Waals surface area contributed by atoms with Gasteiger partial charge in [0.25, 0.3) is 0 Å². The molecular formula is C10H17N3O5. The van der Waals surface area contributed by atoms with E-state index in [1.165, 1.54) is 7.05 Å². The van der Waals surface area contributed by atoms with Crippen LogP contribution in [-0.4, -0.2) is 67.3 Å². The molecule has 1 aliphatic rings. The third-order valence-corrected chi connectivity index (χ3v) is 2.59. The van der Waals surface area contributed by atoms with E-state index in [-0.39, 0.29) is 25.6 Å². The van der Waals surface area contributed by atoms with Crippen molar-refractivity contribution in [3.8, 4) is 0 Å². The molecule has 18 heavy (non-hydrogen) atoms. The number of rotatable bonds is 4. The van der Waals surface area contributed by atoms with Crippen LogP contribution in [0.4, 0.5) is 4.79 Å². The van der Waals surface area contributed by atoms with Crippen molar-refractivity contribution >= 4 is 17.9 Å². The third-order valence-electron chi connectivity index (χ3n) is 2.59. The number of imide groups is 1. The monoisotopic (exact) mass is 259 g/mol. The first-order valence-corrected chi connectivity index (χ1v) is 5.58. The molecule has 1 heterocycles. The number of urea groups is 1. The van der Waals surface area contributed by atoms with Crippen molar-refractivity contribution in [1.82, 2.24) is 15.5 Å². The Morgan fingerprint density at radius 1 is 1.44 bits per heavy atom. The lowest BCUT2D eigenvalue weighted by atomic mass is 10.1. The lowest BCUT2D eigenvalue weighted by Gasteiger charge is -2.33. The Bertz CT molecular complexity index is 333. The van der Waals surface area contributed by atoms with Gasteiger partial charge in [0.2, 0.25) is 5.91 Å². The van der Waals surface area contributed by atoms with E-state index in [0.29, 0.717) is 13.2 Å². The smallest absolute Gasteiger partial charge is 0.321 e. The number of hydrogen-bond donors (Lipinski definition) is 3. The van der Waals surface area contributed by atoms with Gasteiger partial charge in [0, 0.05) is 19.6 Å². The number of carbonyl (C=O) groups excluding carboxylic acids is 2. The fraction of sp³-hybridized carbons (Fsp3) is 0.700. The first kappa shape index (κ1) is 14.4. The van der Waals surface area contributed by atoms with Crippen LogP contribution in [0, 0.1) is 0 Å². The van der Waals surface area contributed by atoms with Crippen LogP contribution in [-0.2, 0) is 14.3 Å². The summed E-state index contributed by atoms with van der Waals surface area (Å²) in [6, 6.07) is -0.922. The molecule has 0 bridgehead atoms. The van der Waals surface area contributed by atoms with E-state index in [0.717, 1.165) is 0 Å². The van der Waals surface area contributed by atoms with Crippen LogP contribution < -0.4 is 10.6 Å². The lowest BCUT2D eigenvalue weighted by molar-refractivity contribution is -0.141. The van der Waals surface area contributed by atoms with E-state index >= 15 is 0 Å². The molecule has 0 aromatic rings. The van der Waals surface area contributed by atoms with Crippen LogP contribution in [0.5, 0.6) is 0 Å². The van der Waals surface area contributed by atoms with Crippen molar-refractivity contribution < 1.29 is 24.2 Å². The van der Waals surface area contributed by atoms with Crippen molar-refractivity contribution in [1.29, 1.82) is 0 Å². The molecule has 1 saturated heterocycles. The van der Waals surface area contributed by atoms with E-state index in [2.05, 4.69) is 10.6 Å². The summed E-state index contributed by atoms with van der Waals surface area (Å²) in [6.45, 7) is 1.18. The number of carboxylic acids is 1. The van der Waals surface area contributed by atoms with Crippen molar-refractivity contribution in [2.45, 2.75) is 12.5 Å². The average Bonchev–Trinajstić information content (AvgIpc) is 2.30. The summed E-state index contributed by atoms with van der Waals surface area (Å²) in [6.07, 6.45) is -0.0900. The van der Waals surface area contributed by atoms with Gasteiger partial charge < -0.3 is 15.2 Å². The molecule has 1 fully saturated rings. The zero-order chi connectivity index (χ0) is 13.5. The van der Waals surface area contributed by atoms with Crippen LogP contribution in [0.3, 0.4) is 0 Å². The highest BCUT2D eigenvalue weighted by Crippen LogP contribution is 2.10. The van der Waals surface area contributed by atoms with Gasteiger partial charge in [-0.25, -0.2) is 4.79 Å². The quantitative estimate of drug-likeness (QED) is 0.574. The minimum Gasteiger partial charge on any atom is -0.481 e. The van der Waals surface area contributed by atoms with Gasteiger partial charge in [-0.1, -0.05) is 0 Å². The molecule has 0 aromatic carbocycles. The molecule has 8 heteroatoms. The van der Waals surface area contributed by atoms with Gasteiger partial charge in [0.05, 0.1) is 26.2 Å². The molecule has 1 aliphatic heterocycles. The van der Waals surface area contributed by atoms with E-state index in [9.17, 15) is 14.4 Å². The minimum absolute atomic E-state index is 0.0191. The van der Waals surface area contributed by atoms with Gasteiger partial charge in [-0.05, 0) is 0 Å². The third kappa shape index (κ3) is 4.68. The van der Waals surface area contributed by atoms with Crippen LogP contribution in [0.1, 0.15) is 6.42 Å². The topological polar surface area (TPSA) is 108 Å². The molecule has 102 valence electrons. The normalized spacial score (nSPS) is 20.2. The minimum atomic E-state index is -0.942. The molecule has 0 spiro atoms. The summed E-state index contributed by atoms with van der Waals surface area (Å²) in [5.74, 6) is -1.41. The Labute approximate surface area is 104 Å². The largest absolute Gasteiger partial charge is 0.481 e. The van der Waals surface area contributed by atoms with Crippen molar-refractivity contribution in [2.75, 3.05) is 33.4 Å². The first-order valence-electron chi connectivity index (χ1n) is 5.58. The molecule has 3 amide bonds. The van der Waals surface area contributed by atoms with E-state index in [1.54, 1.807) is 4.90 Å². The van der Waals surface area contributed by atoms with E-state index < -0.39 is 17.9 Å². The Hall–Kier alpha value is -1.67. The van der Waals surface area contributed by atoms with Gasteiger partial charge in [0.15, 0.2) is 0 Å². The molecule has 1 atom stereocenters. The highest BCUT2D eigenvalue weighted by atomic mass is 16.5. The number of carbonyl (C=O) groups is 3. The van der Waals surface area contributed by atoms with Crippen molar-refractivity contribution in [3.63, 3.8) is 0 Å². The predicted molar refractivity (Wildman–Crippen MR) is 61.0 cm³/mol. The number of hydrogen-bond acceptors (Lipinski definition) is 5. The summed E-state index contributed by atoms with van der Waals surface area (Å²) in [5.41, 5.74) is 0. The Morgan fingerprint density at radius 3 is 2.78 bits per heavy atom. The van der Waals surface area contributed by atoms with Crippen molar-refractivity contribution in [2.24, 2.45) is 0 Å². The number of aliphatic carboxylic acids is 1. The fourth-order valence-corrected chi connectivity index (χ4v) is 1.70. The number of morpholine rings is 1. The van der Waals surface area contributed by atoms with Crippen LogP contribution in [0.25, 0.3) is 0 Å². The molecule has 1 unspecified atom stereocenters. The number of ether oxygens (including phenoxy) is 1. The second-order valence-electron chi connectivity index (χ2n) is 3.92. The summed E-state index contributed by atoms with van der Waals surface area (Å²) >= 11 is 0. The second kappa shape index (κ2) is 6.92. The fourth-order valence-electron chi connectivity index (χ4n) is 1.70. The lowest BCUT2D eigenvalue weighted by Crippen LogP contribution is -2.51. The number of nitrogens with zero attached hydrogens (tertiary/aromatic N) is 1. The molecule has 0 aliphatic carbocycles. The molecule has 3 N–H and O–H groups in total. The molecule has 8 nitrogen and oxygen atoms in total. The average molecular weight is 259 g/mol. The van der Waals surface area contributed by atoms with E-state index in [1.807, 2.05) is 0 Å². The van der Waals surface area contributed by atoms with Gasteiger partial charge in [-0.3, -0.25) is 19.8 Å². The van der Waals surface area contributed by atoms with Crippen LogP contribution in [0.15, 0.2) is 0 Å². The summed E-state index contributed by atoms with van der Waals surface area (Å²) < 4.78 is 5.18. The van der Waals surface area contributed by atoms with Gasteiger partial charge >= 0.3 is 12.0 Å². The summed E-state index contributed by atoms with van der Waals surface area (Å²) in [7, 11) is 1.41. The Morgan fingerprint density at radius 2 is 2.17 bits per heavy atom. The number of amides is 3. The highest BCUT2D eigenvalue weighted by Gasteiger charge is 2.27. The second-order valence-corrected chi connectivity index (χ2v) is 3.92. The maximum Gasteiger partial charge on any atom is 0.321 e. The number of carboxylic acid groups (broad SMARTS) is 1. The van der Waals surface area contributed by atoms with Gasteiger partial charge in [0.1, 0.15) is 0 Å². The zero-order valence-corrected chi connectivity index (χ0v) is 10.1. The molecule has 1 rings (SSSR count). The number of nitrogens with one attached hydrogen (secondary N) is 2. The van der Waals surface area contributed by atoms with Gasteiger partial charge in [-0.15, -0.1) is 0 Å². The SMILES string of the molecule is CNC(=O)NC(=O)CN1CCOCC1CC(=O)O. The standard InChI is InChI=1S/C10H17N3O5/c1-11-10(17)12-8(14)5-13-2-3-18-6-7(13)4-9(15)16/h7H,2-6H2,1H3,(H,15,16)(H2,11,12,14,17). The molecule has 0 radical (unpaired) electrons. The highest BCUT2D eigenvalue weighted by molar-refractivity contribution is 5.95. The van der Waals surface area contributed by atoms with Crippen LogP contribution >= 0.6 is 0 Å².